The minimum Gasteiger partial charge on any atom is -0.464 e. The van der Waals surface area contributed by atoms with Crippen LogP contribution in [-0.2, 0) is 11.3 Å². The average Bonchev–Trinajstić information content (AvgIpc) is 2.91. The van der Waals surface area contributed by atoms with Gasteiger partial charge in [-0.1, -0.05) is 36.4 Å². The van der Waals surface area contributed by atoms with Gasteiger partial charge in [0.15, 0.2) is 0 Å². The number of allylic oxidation sites excluding steroid dienone is 2. The van der Waals surface area contributed by atoms with Crippen LogP contribution in [0, 0.1) is 0 Å². The molecule has 0 spiro atoms. The normalized spacial score (nSPS) is 11.3. The Balaban J connectivity index is 0.000000745. The van der Waals surface area contributed by atoms with Crippen LogP contribution in [0.2, 0.25) is 0 Å². The summed E-state index contributed by atoms with van der Waals surface area (Å²) in [6.07, 6.45) is 3.78. The predicted octanol–water partition coefficient (Wildman–Crippen LogP) is 2.58. The molecule has 1 aromatic carbocycles. The summed E-state index contributed by atoms with van der Waals surface area (Å²) < 4.78 is 9.83. The van der Waals surface area contributed by atoms with E-state index in [9.17, 15) is 0 Å². The molecule has 0 atom stereocenters. The highest BCUT2D eigenvalue weighted by atomic mass is 16.4. The van der Waals surface area contributed by atoms with Crippen LogP contribution in [0.15, 0.2) is 52.7 Å². The van der Waals surface area contributed by atoms with Gasteiger partial charge in [-0.3, -0.25) is 0 Å². The molecule has 0 aliphatic rings. The number of ether oxygens (including phenoxy) is 1. The van der Waals surface area contributed by atoms with E-state index >= 15 is 0 Å². The van der Waals surface area contributed by atoms with Crippen LogP contribution >= 0.6 is 0 Å². The van der Waals surface area contributed by atoms with E-state index in [2.05, 4.69) is 43.4 Å². The van der Waals surface area contributed by atoms with Gasteiger partial charge in [-0.25, -0.2) is 0 Å². The van der Waals surface area contributed by atoms with Crippen LogP contribution in [0.5, 0.6) is 0 Å². The first-order valence-corrected chi connectivity index (χ1v) is 7.14. The highest BCUT2D eigenvalue weighted by Gasteiger charge is 2.04. The maximum absolute atomic E-state index is 5.71. The number of hydrogen-bond acceptors (Lipinski definition) is 3. The van der Waals surface area contributed by atoms with E-state index in [4.69, 9.17) is 10.2 Å². The van der Waals surface area contributed by atoms with Gasteiger partial charge in [0.1, 0.15) is 5.42 Å². The van der Waals surface area contributed by atoms with Crippen LogP contribution in [0.3, 0.4) is 0 Å². The molecule has 0 aliphatic carbocycles. The van der Waals surface area contributed by atoms with Crippen LogP contribution in [0.4, 0.5) is 0 Å². The molecule has 3 heteroatoms. The van der Waals surface area contributed by atoms with Crippen molar-refractivity contribution in [2.45, 2.75) is 20.4 Å². The minimum atomic E-state index is 0.533. The van der Waals surface area contributed by atoms with Crippen molar-refractivity contribution in [3.63, 3.8) is 0 Å². The van der Waals surface area contributed by atoms with Crippen LogP contribution in [-0.4, -0.2) is 14.2 Å². The minimum absolute atomic E-state index is 0.533. The van der Waals surface area contributed by atoms with Gasteiger partial charge >= 0.3 is 0 Å². The number of nitrogens with two attached hydrogens (primary N) is 1. The van der Waals surface area contributed by atoms with Gasteiger partial charge in [-0.15, -0.1) is 0 Å². The lowest BCUT2D eigenvalue weighted by Crippen LogP contribution is -2.21. The molecule has 0 fully saturated rings. The quantitative estimate of drug-likeness (QED) is 0.947. The van der Waals surface area contributed by atoms with Crippen molar-refractivity contribution in [3.8, 4) is 0 Å². The van der Waals surface area contributed by atoms with Crippen molar-refractivity contribution >= 4 is 12.2 Å². The molecule has 0 saturated carbocycles. The standard InChI is InChI=1S/C17H19NO.C2H6O/c1-12(2)9-16(17-13(3)7-8-19-17)15-6-4-5-14(10-15)11-18;1-3-2/h4-10H,3,11,18H2,1-2H3;1-2H3/b17-16-;. The third-order valence-corrected chi connectivity index (χ3v) is 2.90. The maximum Gasteiger partial charge on any atom is 0.141 e. The van der Waals surface area contributed by atoms with Gasteiger partial charge in [0.05, 0.1) is 6.26 Å². The summed E-state index contributed by atoms with van der Waals surface area (Å²) in [5.41, 5.74) is 11.0. The lowest BCUT2D eigenvalue weighted by molar-refractivity contribution is 0.277. The zero-order valence-electron chi connectivity index (χ0n) is 13.8. The lowest BCUT2D eigenvalue weighted by Gasteiger charge is -2.05. The highest BCUT2D eigenvalue weighted by molar-refractivity contribution is 5.73. The summed E-state index contributed by atoms with van der Waals surface area (Å²) in [5, 5.41) is 0.894. The van der Waals surface area contributed by atoms with Crippen molar-refractivity contribution < 1.29 is 9.15 Å². The number of methoxy groups -OCH3 is 1. The third-order valence-electron chi connectivity index (χ3n) is 2.90. The van der Waals surface area contributed by atoms with Crippen molar-refractivity contribution in [2.24, 2.45) is 5.73 Å². The molecule has 2 N–H and O–H groups in total. The second kappa shape index (κ2) is 9.03. The molecule has 3 nitrogen and oxygen atoms in total. The topological polar surface area (TPSA) is 48.4 Å². The van der Waals surface area contributed by atoms with Crippen LogP contribution < -0.4 is 16.4 Å². The number of rotatable bonds is 3. The summed E-state index contributed by atoms with van der Waals surface area (Å²) in [7, 11) is 3.25. The van der Waals surface area contributed by atoms with Gasteiger partial charge in [-0.2, -0.15) is 0 Å². The Morgan fingerprint density at radius 1 is 1.27 bits per heavy atom. The first-order chi connectivity index (χ1) is 10.5. The predicted molar refractivity (Wildman–Crippen MR) is 92.7 cm³/mol. The Labute approximate surface area is 132 Å². The highest BCUT2D eigenvalue weighted by Crippen LogP contribution is 2.16. The Morgan fingerprint density at radius 2 is 1.95 bits per heavy atom. The van der Waals surface area contributed by atoms with Gasteiger partial charge in [0, 0.05) is 31.6 Å². The van der Waals surface area contributed by atoms with E-state index in [-0.39, 0.29) is 0 Å². The Kier molecular flexibility index (Phi) is 7.37. The molecule has 0 bridgehead atoms. The van der Waals surface area contributed by atoms with E-state index in [1.165, 1.54) is 5.57 Å². The first kappa shape index (κ1) is 18.0. The monoisotopic (exact) mass is 299 g/mol. The van der Waals surface area contributed by atoms with E-state index in [0.717, 1.165) is 27.3 Å². The summed E-state index contributed by atoms with van der Waals surface area (Å²) in [6.45, 7) is 8.68. The molecular formula is C19H25NO2. The van der Waals surface area contributed by atoms with E-state index in [0.29, 0.717) is 6.54 Å². The molecule has 0 unspecified atom stereocenters. The fraction of sp³-hybridized carbons (Fsp3) is 0.263. The SMILES string of the molecule is C=c1cco/c1=C(/C=C(C)C)c1cccc(CN)c1.COC. The molecule has 22 heavy (non-hydrogen) atoms. The fourth-order valence-electron chi connectivity index (χ4n) is 2.01. The zero-order valence-corrected chi connectivity index (χ0v) is 13.8. The summed E-state index contributed by atoms with van der Waals surface area (Å²) in [5.74, 6) is 0. The number of hydrogen-bond donors (Lipinski definition) is 1. The van der Waals surface area contributed by atoms with Crippen molar-refractivity contribution in [1.29, 1.82) is 0 Å². The molecule has 2 rings (SSSR count). The summed E-state index contributed by atoms with van der Waals surface area (Å²) in [6, 6.07) is 10.1. The Hall–Kier alpha value is -2.10. The zero-order chi connectivity index (χ0) is 16.5. The van der Waals surface area contributed by atoms with Gasteiger partial charge in [-0.05, 0) is 37.1 Å². The van der Waals surface area contributed by atoms with Crippen molar-refractivity contribution in [3.05, 3.63) is 70.0 Å². The summed E-state index contributed by atoms with van der Waals surface area (Å²) in [4.78, 5) is 0. The lowest BCUT2D eigenvalue weighted by atomic mass is 10.0. The fourth-order valence-corrected chi connectivity index (χ4v) is 2.01. The van der Waals surface area contributed by atoms with E-state index < -0.39 is 0 Å². The van der Waals surface area contributed by atoms with E-state index in [1.807, 2.05) is 18.2 Å². The molecular weight excluding hydrogens is 274 g/mol. The maximum atomic E-state index is 5.71. The summed E-state index contributed by atoms with van der Waals surface area (Å²) >= 11 is 0. The smallest absolute Gasteiger partial charge is 0.141 e. The van der Waals surface area contributed by atoms with Crippen LogP contribution in [0.1, 0.15) is 25.0 Å². The van der Waals surface area contributed by atoms with Gasteiger partial charge in [0.25, 0.3) is 0 Å². The Morgan fingerprint density at radius 3 is 2.45 bits per heavy atom. The Bertz CT molecular complexity index is 722. The average molecular weight is 299 g/mol. The second-order valence-corrected chi connectivity index (χ2v) is 5.22. The molecule has 0 saturated heterocycles. The number of benzene rings is 1. The molecule has 0 radical (unpaired) electrons. The third kappa shape index (κ3) is 5.02. The van der Waals surface area contributed by atoms with Crippen molar-refractivity contribution in [1.82, 2.24) is 0 Å². The largest absolute Gasteiger partial charge is 0.464 e. The molecule has 0 amide bonds. The first-order valence-electron chi connectivity index (χ1n) is 7.14. The molecule has 1 heterocycles. The number of furan rings is 1. The van der Waals surface area contributed by atoms with Crippen LogP contribution in [0.25, 0.3) is 12.2 Å². The van der Waals surface area contributed by atoms with Gasteiger partial charge in [0.2, 0.25) is 0 Å². The molecule has 118 valence electrons. The van der Waals surface area contributed by atoms with Crippen molar-refractivity contribution in [2.75, 3.05) is 14.2 Å². The van der Waals surface area contributed by atoms with E-state index in [1.54, 1.807) is 20.5 Å². The molecule has 1 aromatic heterocycles. The van der Waals surface area contributed by atoms with Gasteiger partial charge < -0.3 is 14.9 Å². The second-order valence-electron chi connectivity index (χ2n) is 5.22. The molecule has 0 aliphatic heterocycles. The molecule has 2 aromatic rings.